The standard InChI is InChI=1S/C23H28N2/c1-17-8-3-4-9-19(17)15-25-16-22(21-12-5-6-13-23(21)25)18-10-7-11-20(14-18)24-2/h3-6,8-9,12-13,16,18,20,24H,7,10-11,14-15H2,1-2H3. The van der Waals surface area contributed by atoms with Crippen molar-refractivity contribution in [3.8, 4) is 0 Å². The van der Waals surface area contributed by atoms with Crippen molar-refractivity contribution in [2.75, 3.05) is 7.05 Å². The predicted molar refractivity (Wildman–Crippen MR) is 106 cm³/mol. The van der Waals surface area contributed by atoms with Crippen molar-refractivity contribution in [2.45, 2.75) is 51.1 Å². The molecule has 1 N–H and O–H groups in total. The van der Waals surface area contributed by atoms with E-state index in [0.29, 0.717) is 12.0 Å². The molecule has 0 bridgehead atoms. The molecular weight excluding hydrogens is 304 g/mol. The fourth-order valence-electron chi connectivity index (χ4n) is 4.44. The third-order valence-corrected chi connectivity index (χ3v) is 5.94. The fourth-order valence-corrected chi connectivity index (χ4v) is 4.44. The number of para-hydroxylation sites is 1. The van der Waals surface area contributed by atoms with E-state index >= 15 is 0 Å². The normalized spacial score (nSPS) is 20.9. The van der Waals surface area contributed by atoms with Gasteiger partial charge in [-0.05, 0) is 61.9 Å². The lowest BCUT2D eigenvalue weighted by Crippen LogP contribution is -2.30. The summed E-state index contributed by atoms with van der Waals surface area (Å²) >= 11 is 0. The van der Waals surface area contributed by atoms with Crippen LogP contribution in [0.2, 0.25) is 0 Å². The molecule has 2 aromatic carbocycles. The molecule has 2 nitrogen and oxygen atoms in total. The lowest BCUT2D eigenvalue weighted by molar-refractivity contribution is 0.356. The van der Waals surface area contributed by atoms with Crippen molar-refractivity contribution < 1.29 is 0 Å². The molecule has 2 heteroatoms. The Morgan fingerprint density at radius 2 is 1.84 bits per heavy atom. The Bertz CT molecular complexity index is 861. The second kappa shape index (κ2) is 7.05. The van der Waals surface area contributed by atoms with Crippen LogP contribution >= 0.6 is 0 Å². The largest absolute Gasteiger partial charge is 0.343 e. The highest BCUT2D eigenvalue weighted by Crippen LogP contribution is 2.37. The SMILES string of the molecule is CNC1CCCC(c2cn(Cc3ccccc3C)c3ccccc23)C1. The number of hydrogen-bond acceptors (Lipinski definition) is 1. The molecule has 25 heavy (non-hydrogen) atoms. The zero-order valence-corrected chi connectivity index (χ0v) is 15.3. The number of hydrogen-bond donors (Lipinski definition) is 1. The van der Waals surface area contributed by atoms with Gasteiger partial charge in [-0.15, -0.1) is 0 Å². The van der Waals surface area contributed by atoms with Crippen LogP contribution in [0.3, 0.4) is 0 Å². The summed E-state index contributed by atoms with van der Waals surface area (Å²) < 4.78 is 2.45. The molecule has 4 rings (SSSR count). The fraction of sp³-hybridized carbons (Fsp3) is 0.391. The van der Waals surface area contributed by atoms with Gasteiger partial charge in [-0.25, -0.2) is 0 Å². The van der Waals surface area contributed by atoms with Crippen LogP contribution in [-0.4, -0.2) is 17.7 Å². The van der Waals surface area contributed by atoms with Crippen LogP contribution in [-0.2, 0) is 6.54 Å². The van der Waals surface area contributed by atoms with Gasteiger partial charge in [-0.2, -0.15) is 0 Å². The molecule has 0 aliphatic heterocycles. The second-order valence-corrected chi connectivity index (χ2v) is 7.51. The van der Waals surface area contributed by atoms with E-state index in [1.54, 1.807) is 5.56 Å². The minimum Gasteiger partial charge on any atom is -0.343 e. The molecule has 1 aliphatic rings. The van der Waals surface area contributed by atoms with E-state index in [1.807, 2.05) is 0 Å². The third-order valence-electron chi connectivity index (χ3n) is 5.94. The number of nitrogens with zero attached hydrogens (tertiary/aromatic N) is 1. The molecule has 0 saturated heterocycles. The molecule has 3 aromatic rings. The maximum Gasteiger partial charge on any atom is 0.0486 e. The van der Waals surface area contributed by atoms with E-state index in [1.165, 1.54) is 47.7 Å². The van der Waals surface area contributed by atoms with Gasteiger partial charge in [0, 0.05) is 29.7 Å². The average molecular weight is 332 g/mol. The minimum atomic E-state index is 0.664. The molecule has 0 radical (unpaired) electrons. The summed E-state index contributed by atoms with van der Waals surface area (Å²) in [5, 5.41) is 4.94. The van der Waals surface area contributed by atoms with Gasteiger partial charge in [0.2, 0.25) is 0 Å². The van der Waals surface area contributed by atoms with Crippen molar-refractivity contribution in [3.05, 3.63) is 71.4 Å². The molecular formula is C23H28N2. The molecule has 1 fully saturated rings. The molecule has 2 atom stereocenters. The van der Waals surface area contributed by atoms with Crippen LogP contribution in [0.1, 0.15) is 48.3 Å². The summed E-state index contributed by atoms with van der Waals surface area (Å²) in [5.41, 5.74) is 5.69. The number of aromatic nitrogens is 1. The number of benzene rings is 2. The summed E-state index contributed by atoms with van der Waals surface area (Å²) in [6.07, 6.45) is 7.65. The quantitative estimate of drug-likeness (QED) is 0.691. The Kier molecular flexibility index (Phi) is 4.63. The van der Waals surface area contributed by atoms with Gasteiger partial charge < -0.3 is 9.88 Å². The van der Waals surface area contributed by atoms with E-state index in [0.717, 1.165) is 6.54 Å². The average Bonchev–Trinajstić information content (AvgIpc) is 3.02. The molecule has 1 aromatic heterocycles. The molecule has 1 saturated carbocycles. The van der Waals surface area contributed by atoms with E-state index in [-0.39, 0.29) is 0 Å². The molecule has 0 spiro atoms. The van der Waals surface area contributed by atoms with Crippen LogP contribution in [0.15, 0.2) is 54.7 Å². The van der Waals surface area contributed by atoms with Crippen molar-refractivity contribution >= 4 is 10.9 Å². The first kappa shape index (κ1) is 16.4. The topological polar surface area (TPSA) is 17.0 Å². The smallest absolute Gasteiger partial charge is 0.0486 e. The monoisotopic (exact) mass is 332 g/mol. The highest BCUT2D eigenvalue weighted by molar-refractivity contribution is 5.84. The highest BCUT2D eigenvalue weighted by Gasteiger charge is 2.25. The van der Waals surface area contributed by atoms with Crippen molar-refractivity contribution in [1.29, 1.82) is 0 Å². The number of aryl methyl sites for hydroxylation is 1. The summed E-state index contributed by atoms with van der Waals surface area (Å²) in [6, 6.07) is 18.3. The van der Waals surface area contributed by atoms with Crippen LogP contribution in [0, 0.1) is 6.92 Å². The van der Waals surface area contributed by atoms with Crippen LogP contribution in [0.25, 0.3) is 10.9 Å². The van der Waals surface area contributed by atoms with Crippen LogP contribution in [0.4, 0.5) is 0 Å². The van der Waals surface area contributed by atoms with Gasteiger partial charge in [0.25, 0.3) is 0 Å². The van der Waals surface area contributed by atoms with Gasteiger partial charge in [0.1, 0.15) is 0 Å². The van der Waals surface area contributed by atoms with Crippen molar-refractivity contribution in [1.82, 2.24) is 9.88 Å². The molecule has 1 aliphatic carbocycles. The molecule has 0 amide bonds. The highest BCUT2D eigenvalue weighted by atomic mass is 15.0. The Morgan fingerprint density at radius 1 is 1.04 bits per heavy atom. The van der Waals surface area contributed by atoms with Crippen LogP contribution < -0.4 is 5.32 Å². The van der Waals surface area contributed by atoms with E-state index in [9.17, 15) is 0 Å². The number of nitrogens with one attached hydrogen (secondary N) is 1. The Hall–Kier alpha value is -2.06. The summed E-state index contributed by atoms with van der Waals surface area (Å²) in [6.45, 7) is 3.16. The van der Waals surface area contributed by atoms with Crippen molar-refractivity contribution in [3.63, 3.8) is 0 Å². The maximum atomic E-state index is 3.50. The van der Waals surface area contributed by atoms with Gasteiger partial charge >= 0.3 is 0 Å². The van der Waals surface area contributed by atoms with Gasteiger partial charge in [0.05, 0.1) is 0 Å². The van der Waals surface area contributed by atoms with Crippen molar-refractivity contribution in [2.24, 2.45) is 0 Å². The van der Waals surface area contributed by atoms with E-state index in [2.05, 4.69) is 78.6 Å². The predicted octanol–water partition coefficient (Wildman–Crippen LogP) is 5.24. The first-order chi connectivity index (χ1) is 12.3. The van der Waals surface area contributed by atoms with Gasteiger partial charge in [-0.1, -0.05) is 48.9 Å². The summed E-state index contributed by atoms with van der Waals surface area (Å²) in [5.74, 6) is 0.675. The summed E-state index contributed by atoms with van der Waals surface area (Å²) in [4.78, 5) is 0. The minimum absolute atomic E-state index is 0.664. The molecule has 1 heterocycles. The molecule has 2 unspecified atom stereocenters. The second-order valence-electron chi connectivity index (χ2n) is 7.51. The first-order valence-corrected chi connectivity index (χ1v) is 9.56. The Morgan fingerprint density at radius 3 is 2.68 bits per heavy atom. The molecule has 130 valence electrons. The lowest BCUT2D eigenvalue weighted by atomic mass is 9.81. The number of rotatable bonds is 4. The van der Waals surface area contributed by atoms with Crippen LogP contribution in [0.5, 0.6) is 0 Å². The van der Waals surface area contributed by atoms with E-state index < -0.39 is 0 Å². The third kappa shape index (κ3) is 3.23. The number of fused-ring (bicyclic) bond motifs is 1. The zero-order chi connectivity index (χ0) is 17.2. The lowest BCUT2D eigenvalue weighted by Gasteiger charge is -2.28. The summed E-state index contributed by atoms with van der Waals surface area (Å²) in [7, 11) is 2.11. The van der Waals surface area contributed by atoms with Gasteiger partial charge in [0.15, 0.2) is 0 Å². The Labute approximate surface area is 150 Å². The zero-order valence-electron chi connectivity index (χ0n) is 15.3. The Balaban J connectivity index is 1.73. The first-order valence-electron chi connectivity index (χ1n) is 9.56. The van der Waals surface area contributed by atoms with Gasteiger partial charge in [-0.3, -0.25) is 0 Å². The van der Waals surface area contributed by atoms with E-state index in [4.69, 9.17) is 0 Å². The maximum absolute atomic E-state index is 3.50.